The quantitative estimate of drug-likeness (QED) is 0.616. The lowest BCUT2D eigenvalue weighted by Crippen LogP contribution is -2.43. The van der Waals surface area contributed by atoms with Crippen molar-refractivity contribution in [2.45, 2.75) is 18.2 Å². The van der Waals surface area contributed by atoms with E-state index in [1.165, 1.54) is 6.92 Å². The van der Waals surface area contributed by atoms with Gasteiger partial charge in [-0.1, -0.05) is 21.6 Å². The number of hydrogen-bond donors (Lipinski definition) is 2. The molecule has 70 valence electrons. The first-order chi connectivity index (χ1) is 6.18. The minimum Gasteiger partial charge on any atom is -0.343 e. The standard InChI is InChI=1S/C7H8N2O2S2/c1-3(10)8-5-6-4(2-12-13-6)9-7(5)11/h2,5-6H,1H3,(H,8,10)(H,9,11)/t5-,6+/m1/s1. The third-order valence-corrected chi connectivity index (χ3v) is 4.29. The van der Waals surface area contributed by atoms with Gasteiger partial charge in [-0.05, 0) is 0 Å². The van der Waals surface area contributed by atoms with Gasteiger partial charge in [-0.25, -0.2) is 0 Å². The molecule has 1 fully saturated rings. The first-order valence-corrected chi connectivity index (χ1v) is 6.06. The zero-order chi connectivity index (χ0) is 9.42. The van der Waals surface area contributed by atoms with Crippen LogP contribution in [0.4, 0.5) is 0 Å². The van der Waals surface area contributed by atoms with Gasteiger partial charge in [-0.2, -0.15) is 0 Å². The zero-order valence-corrected chi connectivity index (χ0v) is 8.50. The molecule has 4 nitrogen and oxygen atoms in total. The molecule has 2 heterocycles. The van der Waals surface area contributed by atoms with E-state index in [-0.39, 0.29) is 17.1 Å². The Kier molecular flexibility index (Phi) is 2.25. The molecule has 0 aliphatic carbocycles. The molecule has 0 saturated carbocycles. The molecule has 0 unspecified atom stereocenters. The first kappa shape index (κ1) is 8.96. The Bertz CT molecular complexity index is 303. The smallest absolute Gasteiger partial charge is 0.248 e. The summed E-state index contributed by atoms with van der Waals surface area (Å²) in [5, 5.41) is 7.36. The normalized spacial score (nSPS) is 30.8. The summed E-state index contributed by atoms with van der Waals surface area (Å²) in [7, 11) is 3.18. The van der Waals surface area contributed by atoms with Crippen molar-refractivity contribution in [1.82, 2.24) is 10.6 Å². The largest absolute Gasteiger partial charge is 0.343 e. The highest BCUT2D eigenvalue weighted by Crippen LogP contribution is 2.43. The Balaban J connectivity index is 2.14. The van der Waals surface area contributed by atoms with Gasteiger partial charge in [0.25, 0.3) is 0 Å². The number of fused-ring (bicyclic) bond motifs is 1. The van der Waals surface area contributed by atoms with Crippen LogP contribution in [0.25, 0.3) is 0 Å². The third-order valence-electron chi connectivity index (χ3n) is 1.85. The average molecular weight is 216 g/mol. The fourth-order valence-corrected chi connectivity index (χ4v) is 3.90. The summed E-state index contributed by atoms with van der Waals surface area (Å²) in [6.07, 6.45) is 0. The molecule has 1 saturated heterocycles. The third kappa shape index (κ3) is 1.55. The van der Waals surface area contributed by atoms with E-state index in [9.17, 15) is 9.59 Å². The van der Waals surface area contributed by atoms with Crippen LogP contribution in [0.1, 0.15) is 6.92 Å². The number of carbonyl (C=O) groups excluding carboxylic acids is 2. The van der Waals surface area contributed by atoms with Crippen LogP contribution in [0.3, 0.4) is 0 Å². The molecular weight excluding hydrogens is 208 g/mol. The van der Waals surface area contributed by atoms with Crippen LogP contribution in [0, 0.1) is 0 Å². The Morgan fingerprint density at radius 1 is 1.69 bits per heavy atom. The molecule has 2 atom stereocenters. The zero-order valence-electron chi connectivity index (χ0n) is 6.87. The summed E-state index contributed by atoms with van der Waals surface area (Å²) in [5.41, 5.74) is 0.916. The summed E-state index contributed by atoms with van der Waals surface area (Å²) < 4.78 is 0. The van der Waals surface area contributed by atoms with E-state index in [4.69, 9.17) is 0 Å². The predicted octanol–water partition coefficient (Wildman–Crippen LogP) is 0.226. The number of nitrogens with one attached hydrogen (secondary N) is 2. The molecule has 6 heteroatoms. The van der Waals surface area contributed by atoms with Gasteiger partial charge in [-0.3, -0.25) is 9.59 Å². The van der Waals surface area contributed by atoms with Crippen molar-refractivity contribution in [3.63, 3.8) is 0 Å². The van der Waals surface area contributed by atoms with E-state index in [0.29, 0.717) is 0 Å². The molecule has 2 rings (SSSR count). The lowest BCUT2D eigenvalue weighted by molar-refractivity contribution is -0.126. The number of amides is 2. The molecule has 13 heavy (non-hydrogen) atoms. The number of rotatable bonds is 1. The van der Waals surface area contributed by atoms with Crippen molar-refractivity contribution in [2.24, 2.45) is 0 Å². The van der Waals surface area contributed by atoms with E-state index in [1.807, 2.05) is 5.41 Å². The van der Waals surface area contributed by atoms with Crippen LogP contribution in [-0.2, 0) is 9.59 Å². The lowest BCUT2D eigenvalue weighted by Gasteiger charge is -2.12. The Hall–Kier alpha value is -0.620. The highest BCUT2D eigenvalue weighted by atomic mass is 33.1. The van der Waals surface area contributed by atoms with Crippen LogP contribution in [-0.4, -0.2) is 23.1 Å². The highest BCUT2D eigenvalue weighted by molar-refractivity contribution is 8.78. The maximum Gasteiger partial charge on any atom is 0.248 e. The molecule has 2 aliphatic rings. The van der Waals surface area contributed by atoms with E-state index < -0.39 is 6.04 Å². The van der Waals surface area contributed by atoms with Crippen LogP contribution >= 0.6 is 21.6 Å². The monoisotopic (exact) mass is 216 g/mol. The molecule has 0 spiro atoms. The molecule has 2 amide bonds. The van der Waals surface area contributed by atoms with Gasteiger partial charge in [0.15, 0.2) is 0 Å². The van der Waals surface area contributed by atoms with Crippen LogP contribution in [0.15, 0.2) is 11.1 Å². The van der Waals surface area contributed by atoms with Gasteiger partial charge < -0.3 is 10.6 Å². The minimum absolute atomic E-state index is 0.0707. The maximum absolute atomic E-state index is 11.3. The van der Waals surface area contributed by atoms with Gasteiger partial charge >= 0.3 is 0 Å². The maximum atomic E-state index is 11.3. The molecule has 0 aromatic carbocycles. The Morgan fingerprint density at radius 3 is 3.15 bits per heavy atom. The van der Waals surface area contributed by atoms with Crippen molar-refractivity contribution >= 4 is 33.4 Å². The summed E-state index contributed by atoms with van der Waals surface area (Å²) in [6, 6.07) is -0.399. The Morgan fingerprint density at radius 2 is 2.46 bits per heavy atom. The van der Waals surface area contributed by atoms with Crippen molar-refractivity contribution < 1.29 is 9.59 Å². The van der Waals surface area contributed by atoms with E-state index in [0.717, 1.165) is 5.70 Å². The number of hydrogen-bond acceptors (Lipinski definition) is 4. The van der Waals surface area contributed by atoms with Gasteiger partial charge in [-0.15, -0.1) is 0 Å². The van der Waals surface area contributed by atoms with Gasteiger partial charge in [0.05, 0.1) is 5.25 Å². The fourth-order valence-electron chi connectivity index (χ4n) is 1.31. The topological polar surface area (TPSA) is 58.2 Å². The second kappa shape index (κ2) is 3.26. The molecule has 2 N–H and O–H groups in total. The summed E-state index contributed by atoms with van der Waals surface area (Å²) in [6.45, 7) is 1.42. The summed E-state index contributed by atoms with van der Waals surface area (Å²) >= 11 is 0. The van der Waals surface area contributed by atoms with Crippen molar-refractivity contribution in [3.05, 3.63) is 11.1 Å². The van der Waals surface area contributed by atoms with Crippen LogP contribution in [0.5, 0.6) is 0 Å². The molecule has 0 radical (unpaired) electrons. The fraction of sp³-hybridized carbons (Fsp3) is 0.429. The number of carbonyl (C=O) groups is 2. The molecule has 0 aromatic heterocycles. The van der Waals surface area contributed by atoms with E-state index in [2.05, 4.69) is 10.6 Å². The van der Waals surface area contributed by atoms with Crippen LogP contribution < -0.4 is 10.6 Å². The summed E-state index contributed by atoms with van der Waals surface area (Å²) in [4.78, 5) is 22.1. The van der Waals surface area contributed by atoms with Gasteiger partial charge in [0.2, 0.25) is 11.8 Å². The van der Waals surface area contributed by atoms with E-state index >= 15 is 0 Å². The second-order valence-electron chi connectivity index (χ2n) is 2.85. The SMILES string of the molecule is CC(=O)N[C@H]1C(=O)NC2=CSS[C@@H]21. The van der Waals surface area contributed by atoms with Crippen molar-refractivity contribution in [1.29, 1.82) is 0 Å². The van der Waals surface area contributed by atoms with E-state index in [1.54, 1.807) is 21.6 Å². The van der Waals surface area contributed by atoms with Gasteiger partial charge in [0, 0.05) is 18.0 Å². The van der Waals surface area contributed by atoms with Gasteiger partial charge in [0.1, 0.15) is 6.04 Å². The molecular formula is C7H8N2O2S2. The van der Waals surface area contributed by atoms with Crippen molar-refractivity contribution in [3.8, 4) is 0 Å². The second-order valence-corrected chi connectivity index (χ2v) is 5.14. The Labute approximate surface area is 83.3 Å². The summed E-state index contributed by atoms with van der Waals surface area (Å²) in [5.74, 6) is -0.279. The first-order valence-electron chi connectivity index (χ1n) is 3.78. The molecule has 2 aliphatic heterocycles. The lowest BCUT2D eigenvalue weighted by atomic mass is 10.2. The predicted molar refractivity (Wildman–Crippen MR) is 52.8 cm³/mol. The minimum atomic E-state index is -0.399. The van der Waals surface area contributed by atoms with Crippen LogP contribution in [0.2, 0.25) is 0 Å². The molecule has 0 bridgehead atoms. The molecule has 0 aromatic rings. The highest BCUT2D eigenvalue weighted by Gasteiger charge is 2.42. The average Bonchev–Trinajstić information content (AvgIpc) is 2.55. The van der Waals surface area contributed by atoms with Crippen molar-refractivity contribution in [2.75, 3.05) is 0 Å².